The highest BCUT2D eigenvalue weighted by Gasteiger charge is 2.28. The maximum Gasteiger partial charge on any atom is 0.410 e. The monoisotopic (exact) mass is 296 g/mol. The first-order valence-corrected chi connectivity index (χ1v) is 8.59. The summed E-state index contributed by atoms with van der Waals surface area (Å²) in [5.41, 5.74) is -0.403. The summed E-state index contributed by atoms with van der Waals surface area (Å²) in [6.07, 6.45) is 7.26. The Morgan fingerprint density at radius 2 is 1.86 bits per heavy atom. The summed E-state index contributed by atoms with van der Waals surface area (Å²) in [5.74, 6) is 0.871. The van der Waals surface area contributed by atoms with Crippen LogP contribution in [0.2, 0.25) is 0 Å². The third kappa shape index (κ3) is 5.17. The van der Waals surface area contributed by atoms with Crippen LogP contribution in [-0.2, 0) is 4.74 Å². The number of hydrogen-bond acceptors (Lipinski definition) is 3. The number of carbonyl (C=O) groups excluding carboxylic acids is 1. The number of carbonyl (C=O) groups is 1. The molecule has 1 saturated carbocycles. The average molecular weight is 296 g/mol. The lowest BCUT2D eigenvalue weighted by Gasteiger charge is -2.34. The van der Waals surface area contributed by atoms with E-state index in [1.165, 1.54) is 19.3 Å². The number of hydrogen-bond donors (Lipinski definition) is 1. The molecule has 1 saturated heterocycles. The third-order valence-electron chi connectivity index (χ3n) is 4.74. The molecular formula is C17H32N2O2. The van der Waals surface area contributed by atoms with Crippen LogP contribution in [-0.4, -0.2) is 41.8 Å². The van der Waals surface area contributed by atoms with Crippen LogP contribution in [0, 0.1) is 5.92 Å². The van der Waals surface area contributed by atoms with Crippen LogP contribution < -0.4 is 5.32 Å². The van der Waals surface area contributed by atoms with E-state index in [0.717, 1.165) is 38.3 Å². The Labute approximate surface area is 129 Å². The van der Waals surface area contributed by atoms with E-state index >= 15 is 0 Å². The molecule has 122 valence electrons. The van der Waals surface area contributed by atoms with Gasteiger partial charge in [0.1, 0.15) is 5.60 Å². The van der Waals surface area contributed by atoms with Crippen LogP contribution in [0.3, 0.4) is 0 Å². The van der Waals surface area contributed by atoms with Crippen LogP contribution >= 0.6 is 0 Å². The van der Waals surface area contributed by atoms with E-state index in [0.29, 0.717) is 12.1 Å². The Bertz CT molecular complexity index is 347. The normalized spacial score (nSPS) is 25.9. The second-order valence-corrected chi connectivity index (χ2v) is 7.74. The molecular weight excluding hydrogens is 264 g/mol. The molecule has 0 aromatic rings. The van der Waals surface area contributed by atoms with Crippen molar-refractivity contribution in [2.24, 2.45) is 5.92 Å². The molecule has 1 amide bonds. The first-order chi connectivity index (χ1) is 9.85. The van der Waals surface area contributed by atoms with Gasteiger partial charge >= 0.3 is 6.09 Å². The van der Waals surface area contributed by atoms with Crippen molar-refractivity contribution in [2.75, 3.05) is 13.1 Å². The molecule has 2 unspecified atom stereocenters. The van der Waals surface area contributed by atoms with Gasteiger partial charge in [0.05, 0.1) is 0 Å². The summed E-state index contributed by atoms with van der Waals surface area (Å²) < 4.78 is 5.48. The van der Waals surface area contributed by atoms with Gasteiger partial charge in [-0.25, -0.2) is 4.79 Å². The van der Waals surface area contributed by atoms with Gasteiger partial charge in [-0.1, -0.05) is 6.42 Å². The molecule has 2 fully saturated rings. The van der Waals surface area contributed by atoms with Gasteiger partial charge in [0.15, 0.2) is 0 Å². The lowest BCUT2D eigenvalue weighted by atomic mass is 9.80. The van der Waals surface area contributed by atoms with Crippen molar-refractivity contribution in [3.63, 3.8) is 0 Å². The van der Waals surface area contributed by atoms with Crippen molar-refractivity contribution in [3.05, 3.63) is 0 Å². The standard InChI is InChI=1S/C17H32N2O2/c1-13(14-7-5-8-14)18-15-9-6-11-19(12-10-15)16(20)21-17(2,3)4/h13-15,18H,5-12H2,1-4H3. The quantitative estimate of drug-likeness (QED) is 0.866. The molecule has 0 aromatic carbocycles. The van der Waals surface area contributed by atoms with Crippen LogP contribution in [0.25, 0.3) is 0 Å². The van der Waals surface area contributed by atoms with Gasteiger partial charge in [-0.15, -0.1) is 0 Å². The van der Waals surface area contributed by atoms with Crippen molar-refractivity contribution < 1.29 is 9.53 Å². The number of nitrogens with one attached hydrogen (secondary N) is 1. The van der Waals surface area contributed by atoms with E-state index in [1.807, 2.05) is 25.7 Å². The number of amides is 1. The highest BCUT2D eigenvalue weighted by atomic mass is 16.6. The van der Waals surface area contributed by atoms with Crippen molar-refractivity contribution in [1.29, 1.82) is 0 Å². The van der Waals surface area contributed by atoms with Crippen molar-refractivity contribution in [1.82, 2.24) is 10.2 Å². The SMILES string of the molecule is CC(NC1CCCN(C(=O)OC(C)(C)C)CC1)C1CCC1. The highest BCUT2D eigenvalue weighted by Crippen LogP contribution is 2.30. The van der Waals surface area contributed by atoms with E-state index in [2.05, 4.69) is 12.2 Å². The third-order valence-corrected chi connectivity index (χ3v) is 4.74. The number of rotatable bonds is 3. The maximum atomic E-state index is 12.1. The molecule has 4 heteroatoms. The molecule has 1 N–H and O–H groups in total. The average Bonchev–Trinajstić information content (AvgIpc) is 2.49. The highest BCUT2D eigenvalue weighted by molar-refractivity contribution is 5.68. The van der Waals surface area contributed by atoms with Crippen LogP contribution in [0.1, 0.15) is 66.2 Å². The molecule has 2 rings (SSSR count). The fourth-order valence-corrected chi connectivity index (χ4v) is 3.22. The second kappa shape index (κ2) is 6.99. The van der Waals surface area contributed by atoms with Crippen LogP contribution in [0.5, 0.6) is 0 Å². The Morgan fingerprint density at radius 1 is 1.14 bits per heavy atom. The zero-order chi connectivity index (χ0) is 15.5. The first kappa shape index (κ1) is 16.6. The molecule has 0 bridgehead atoms. The first-order valence-electron chi connectivity index (χ1n) is 8.59. The van der Waals surface area contributed by atoms with Gasteiger partial charge in [0.2, 0.25) is 0 Å². The second-order valence-electron chi connectivity index (χ2n) is 7.74. The smallest absolute Gasteiger partial charge is 0.410 e. The van der Waals surface area contributed by atoms with Crippen molar-refractivity contribution in [2.45, 2.75) is 83.9 Å². The van der Waals surface area contributed by atoms with E-state index in [-0.39, 0.29) is 6.09 Å². The van der Waals surface area contributed by atoms with Gasteiger partial charge in [0.25, 0.3) is 0 Å². The lowest BCUT2D eigenvalue weighted by molar-refractivity contribution is 0.0255. The van der Waals surface area contributed by atoms with Crippen molar-refractivity contribution in [3.8, 4) is 0 Å². The predicted molar refractivity (Wildman–Crippen MR) is 85.4 cm³/mol. The van der Waals surface area contributed by atoms with E-state index in [9.17, 15) is 4.79 Å². The van der Waals surface area contributed by atoms with Crippen LogP contribution in [0.4, 0.5) is 4.79 Å². The number of nitrogens with zero attached hydrogens (tertiary/aromatic N) is 1. The molecule has 1 heterocycles. The summed E-state index contributed by atoms with van der Waals surface area (Å²) in [7, 11) is 0. The van der Waals surface area contributed by atoms with Crippen molar-refractivity contribution >= 4 is 6.09 Å². The Morgan fingerprint density at radius 3 is 2.43 bits per heavy atom. The molecule has 0 aromatic heterocycles. The minimum atomic E-state index is -0.403. The molecule has 2 atom stereocenters. The molecule has 1 aliphatic heterocycles. The van der Waals surface area contributed by atoms with Gasteiger partial charge in [-0.05, 0) is 65.7 Å². The number of likely N-dealkylation sites (tertiary alicyclic amines) is 1. The fraction of sp³-hybridized carbons (Fsp3) is 0.941. The summed E-state index contributed by atoms with van der Waals surface area (Å²) in [6, 6.07) is 1.17. The minimum absolute atomic E-state index is 0.157. The minimum Gasteiger partial charge on any atom is -0.444 e. The number of ether oxygens (including phenoxy) is 1. The van der Waals surface area contributed by atoms with Gasteiger partial charge in [-0.3, -0.25) is 0 Å². The molecule has 1 aliphatic carbocycles. The molecule has 2 aliphatic rings. The lowest BCUT2D eigenvalue weighted by Crippen LogP contribution is -2.43. The zero-order valence-corrected chi connectivity index (χ0v) is 14.2. The zero-order valence-electron chi connectivity index (χ0n) is 14.2. The summed E-state index contributed by atoms with van der Waals surface area (Å²) in [5, 5.41) is 3.79. The van der Waals surface area contributed by atoms with Gasteiger partial charge < -0.3 is 15.0 Å². The van der Waals surface area contributed by atoms with Gasteiger partial charge in [-0.2, -0.15) is 0 Å². The van der Waals surface area contributed by atoms with Crippen LogP contribution in [0.15, 0.2) is 0 Å². The summed E-state index contributed by atoms with van der Waals surface area (Å²) in [4.78, 5) is 14.0. The molecule has 21 heavy (non-hydrogen) atoms. The fourth-order valence-electron chi connectivity index (χ4n) is 3.22. The predicted octanol–water partition coefficient (Wildman–Crippen LogP) is 3.55. The summed E-state index contributed by atoms with van der Waals surface area (Å²) >= 11 is 0. The Balaban J connectivity index is 1.77. The van der Waals surface area contributed by atoms with Gasteiger partial charge in [0, 0.05) is 25.2 Å². The molecule has 4 nitrogen and oxygen atoms in total. The topological polar surface area (TPSA) is 41.6 Å². The largest absolute Gasteiger partial charge is 0.444 e. The Kier molecular flexibility index (Phi) is 5.53. The Hall–Kier alpha value is -0.770. The maximum absolute atomic E-state index is 12.1. The molecule has 0 radical (unpaired) electrons. The molecule has 0 spiro atoms. The van der Waals surface area contributed by atoms with E-state index < -0.39 is 5.60 Å². The van der Waals surface area contributed by atoms with E-state index in [1.54, 1.807) is 0 Å². The summed E-state index contributed by atoms with van der Waals surface area (Å²) in [6.45, 7) is 9.73. The van der Waals surface area contributed by atoms with E-state index in [4.69, 9.17) is 4.74 Å².